The van der Waals surface area contributed by atoms with E-state index in [1.54, 1.807) is 6.92 Å². The summed E-state index contributed by atoms with van der Waals surface area (Å²) in [6, 6.07) is 0.0544. The zero-order chi connectivity index (χ0) is 15.6. The first-order valence-corrected chi connectivity index (χ1v) is 6.44. The second-order valence-corrected chi connectivity index (χ2v) is 4.59. The molecule has 0 spiro atoms. The summed E-state index contributed by atoms with van der Waals surface area (Å²) < 4.78 is 39.0. The van der Waals surface area contributed by atoms with Crippen LogP contribution >= 0.6 is 0 Å². The highest BCUT2D eigenvalue weighted by Gasteiger charge is 2.31. The fourth-order valence-corrected chi connectivity index (χ4v) is 2.19. The van der Waals surface area contributed by atoms with Crippen molar-refractivity contribution in [3.63, 3.8) is 0 Å². The van der Waals surface area contributed by atoms with Crippen LogP contribution in [0.25, 0.3) is 0 Å². The number of carbonyl (C=O) groups excluding carboxylic acids is 2. The summed E-state index contributed by atoms with van der Waals surface area (Å²) in [6.45, 7) is 2.32. The lowest BCUT2D eigenvalue weighted by Crippen LogP contribution is -2.57. The van der Waals surface area contributed by atoms with Crippen molar-refractivity contribution in [1.29, 1.82) is 0 Å². The lowest BCUT2D eigenvalue weighted by Gasteiger charge is -2.34. The largest absolute Gasteiger partial charge is 0.353 e. The van der Waals surface area contributed by atoms with E-state index in [0.29, 0.717) is 25.1 Å². The van der Waals surface area contributed by atoms with Gasteiger partial charge in [0, 0.05) is 30.9 Å². The molecule has 1 saturated heterocycles. The molecule has 0 unspecified atom stereocenters. The first-order valence-electron chi connectivity index (χ1n) is 6.44. The molecule has 1 aromatic rings. The van der Waals surface area contributed by atoms with Gasteiger partial charge in [-0.05, 0) is 6.42 Å². The number of anilines is 1. The Morgan fingerprint density at radius 1 is 1.38 bits per heavy atom. The van der Waals surface area contributed by atoms with Crippen LogP contribution in [0.1, 0.15) is 13.3 Å². The van der Waals surface area contributed by atoms with Crippen LogP contribution in [0.5, 0.6) is 0 Å². The van der Waals surface area contributed by atoms with E-state index in [-0.39, 0.29) is 18.1 Å². The molecule has 114 valence electrons. The van der Waals surface area contributed by atoms with Crippen molar-refractivity contribution in [3.8, 4) is 0 Å². The number of amides is 3. The minimum Gasteiger partial charge on any atom is -0.353 e. The molecule has 0 radical (unpaired) electrons. The highest BCUT2D eigenvalue weighted by atomic mass is 19.2. The Labute approximate surface area is 119 Å². The maximum Gasteiger partial charge on any atom is 0.322 e. The van der Waals surface area contributed by atoms with Gasteiger partial charge in [0.05, 0.1) is 0 Å². The molecule has 1 aliphatic rings. The summed E-state index contributed by atoms with van der Waals surface area (Å²) in [5.74, 6) is -4.67. The summed E-state index contributed by atoms with van der Waals surface area (Å²) in [7, 11) is 0. The van der Waals surface area contributed by atoms with Crippen LogP contribution in [0.4, 0.5) is 23.7 Å². The molecule has 0 aliphatic carbocycles. The number of nitrogens with zero attached hydrogens (tertiary/aromatic N) is 1. The SMILES string of the molecule is CC[C@@H]1C(=O)NCCN1C(=O)Nc1cc(F)c(F)c(F)c1. The van der Waals surface area contributed by atoms with E-state index in [1.807, 2.05) is 0 Å². The summed E-state index contributed by atoms with van der Waals surface area (Å²) in [6.07, 6.45) is 0.408. The van der Waals surface area contributed by atoms with Crippen molar-refractivity contribution >= 4 is 17.6 Å². The third-order valence-electron chi connectivity index (χ3n) is 3.21. The maximum absolute atomic E-state index is 13.1. The Kier molecular flexibility index (Phi) is 4.35. The molecule has 1 heterocycles. The molecule has 8 heteroatoms. The van der Waals surface area contributed by atoms with Crippen LogP contribution in [0.15, 0.2) is 12.1 Å². The van der Waals surface area contributed by atoms with E-state index in [1.165, 1.54) is 4.90 Å². The van der Waals surface area contributed by atoms with Crippen LogP contribution in [0.2, 0.25) is 0 Å². The molecule has 0 saturated carbocycles. The first kappa shape index (κ1) is 15.1. The standard InChI is InChI=1S/C13H14F3N3O2/c1-2-10-12(20)17-3-4-19(10)13(21)18-7-5-8(14)11(16)9(15)6-7/h5-6,10H,2-4H2,1H3,(H,17,20)(H,18,21)/t10-/m1/s1. The molecule has 2 N–H and O–H groups in total. The van der Waals surface area contributed by atoms with Crippen molar-refractivity contribution in [3.05, 3.63) is 29.6 Å². The number of piperazine rings is 1. The van der Waals surface area contributed by atoms with Gasteiger partial charge in [0.1, 0.15) is 6.04 Å². The number of urea groups is 1. The van der Waals surface area contributed by atoms with Gasteiger partial charge in [0.15, 0.2) is 17.5 Å². The van der Waals surface area contributed by atoms with E-state index in [2.05, 4.69) is 10.6 Å². The van der Waals surface area contributed by atoms with Crippen LogP contribution in [0, 0.1) is 17.5 Å². The molecular weight excluding hydrogens is 287 g/mol. The molecule has 1 aliphatic heterocycles. The number of rotatable bonds is 2. The van der Waals surface area contributed by atoms with E-state index in [9.17, 15) is 22.8 Å². The van der Waals surface area contributed by atoms with E-state index in [0.717, 1.165) is 0 Å². The van der Waals surface area contributed by atoms with Crippen molar-refractivity contribution in [2.75, 3.05) is 18.4 Å². The fraction of sp³-hybridized carbons (Fsp3) is 0.385. The van der Waals surface area contributed by atoms with Crippen molar-refractivity contribution < 1.29 is 22.8 Å². The normalized spacial score (nSPS) is 18.4. The van der Waals surface area contributed by atoms with E-state index < -0.39 is 29.5 Å². The van der Waals surface area contributed by atoms with Gasteiger partial charge in [-0.3, -0.25) is 4.79 Å². The monoisotopic (exact) mass is 301 g/mol. The second-order valence-electron chi connectivity index (χ2n) is 4.59. The van der Waals surface area contributed by atoms with Crippen molar-refractivity contribution in [1.82, 2.24) is 10.2 Å². The van der Waals surface area contributed by atoms with Crippen molar-refractivity contribution in [2.45, 2.75) is 19.4 Å². The lowest BCUT2D eigenvalue weighted by molar-refractivity contribution is -0.127. The Balaban J connectivity index is 2.15. The quantitative estimate of drug-likeness (QED) is 0.819. The molecule has 2 rings (SSSR count). The van der Waals surface area contributed by atoms with Gasteiger partial charge in [-0.1, -0.05) is 6.92 Å². The molecule has 21 heavy (non-hydrogen) atoms. The van der Waals surface area contributed by atoms with Gasteiger partial charge in [-0.2, -0.15) is 0 Å². The molecule has 5 nitrogen and oxygen atoms in total. The number of halogens is 3. The minimum absolute atomic E-state index is 0.211. The highest BCUT2D eigenvalue weighted by Crippen LogP contribution is 2.18. The van der Waals surface area contributed by atoms with Crippen LogP contribution < -0.4 is 10.6 Å². The minimum atomic E-state index is -1.60. The average molecular weight is 301 g/mol. The average Bonchev–Trinajstić information content (AvgIpc) is 2.44. The number of nitrogens with one attached hydrogen (secondary N) is 2. The van der Waals surface area contributed by atoms with E-state index in [4.69, 9.17) is 0 Å². The predicted octanol–water partition coefficient (Wildman–Crippen LogP) is 1.85. The number of carbonyl (C=O) groups is 2. The predicted molar refractivity (Wildman–Crippen MR) is 69.1 cm³/mol. The van der Waals surface area contributed by atoms with Gasteiger partial charge in [-0.25, -0.2) is 18.0 Å². The Bertz CT molecular complexity index is 557. The van der Waals surface area contributed by atoms with Crippen LogP contribution in [-0.4, -0.2) is 36.0 Å². The van der Waals surface area contributed by atoms with Crippen LogP contribution in [-0.2, 0) is 4.79 Å². The molecule has 0 aromatic heterocycles. The number of hydrogen-bond acceptors (Lipinski definition) is 2. The Morgan fingerprint density at radius 3 is 2.57 bits per heavy atom. The summed E-state index contributed by atoms with van der Waals surface area (Å²) in [4.78, 5) is 25.0. The first-order chi connectivity index (χ1) is 9.93. The zero-order valence-corrected chi connectivity index (χ0v) is 11.3. The van der Waals surface area contributed by atoms with Gasteiger partial charge in [0.2, 0.25) is 5.91 Å². The van der Waals surface area contributed by atoms with Gasteiger partial charge < -0.3 is 15.5 Å². The molecule has 0 bridgehead atoms. The lowest BCUT2D eigenvalue weighted by atomic mass is 10.1. The summed E-state index contributed by atoms with van der Waals surface area (Å²) >= 11 is 0. The topological polar surface area (TPSA) is 61.4 Å². The van der Waals surface area contributed by atoms with Crippen LogP contribution in [0.3, 0.4) is 0 Å². The van der Waals surface area contributed by atoms with E-state index >= 15 is 0 Å². The summed E-state index contributed by atoms with van der Waals surface area (Å²) in [5.41, 5.74) is -0.211. The fourth-order valence-electron chi connectivity index (χ4n) is 2.19. The third kappa shape index (κ3) is 3.09. The molecule has 1 atom stereocenters. The summed E-state index contributed by atoms with van der Waals surface area (Å²) in [5, 5.41) is 4.89. The maximum atomic E-state index is 13.1. The van der Waals surface area contributed by atoms with Gasteiger partial charge >= 0.3 is 6.03 Å². The van der Waals surface area contributed by atoms with Gasteiger partial charge in [0.25, 0.3) is 0 Å². The van der Waals surface area contributed by atoms with Crippen molar-refractivity contribution in [2.24, 2.45) is 0 Å². The zero-order valence-electron chi connectivity index (χ0n) is 11.3. The van der Waals surface area contributed by atoms with Gasteiger partial charge in [-0.15, -0.1) is 0 Å². The molecule has 1 aromatic carbocycles. The molecular formula is C13H14F3N3O2. The Hall–Kier alpha value is -2.25. The second kappa shape index (κ2) is 6.02. The smallest absolute Gasteiger partial charge is 0.322 e. The Morgan fingerprint density at radius 2 is 2.00 bits per heavy atom. The number of benzene rings is 1. The third-order valence-corrected chi connectivity index (χ3v) is 3.21. The molecule has 3 amide bonds. The highest BCUT2D eigenvalue weighted by molar-refractivity contribution is 5.94. The molecule has 1 fully saturated rings. The number of hydrogen-bond donors (Lipinski definition) is 2.